The summed E-state index contributed by atoms with van der Waals surface area (Å²) in [6.07, 6.45) is 0. The maximum Gasteiger partial charge on any atom is 0.251 e. The van der Waals surface area contributed by atoms with Gasteiger partial charge in [-0.25, -0.2) is 4.98 Å². The molecule has 0 radical (unpaired) electrons. The number of anilines is 1. The minimum absolute atomic E-state index is 0.00361. The lowest BCUT2D eigenvalue weighted by molar-refractivity contribution is -0.117. The van der Waals surface area contributed by atoms with Crippen LogP contribution >= 0.6 is 11.3 Å². The summed E-state index contributed by atoms with van der Waals surface area (Å²) in [6, 6.07) is 12.1. The molecule has 3 aromatic rings. The molecule has 3 rings (SSSR count). The van der Waals surface area contributed by atoms with Crippen LogP contribution in [0.2, 0.25) is 0 Å². The van der Waals surface area contributed by atoms with Gasteiger partial charge in [-0.05, 0) is 48.2 Å². The van der Waals surface area contributed by atoms with Crippen LogP contribution < -0.4 is 20.1 Å². The first-order valence-electron chi connectivity index (χ1n) is 10.5. The molecule has 33 heavy (non-hydrogen) atoms. The van der Waals surface area contributed by atoms with Gasteiger partial charge in [0.15, 0.2) is 5.13 Å². The highest BCUT2D eigenvalue weighted by Gasteiger charge is 2.20. The number of benzene rings is 2. The van der Waals surface area contributed by atoms with Gasteiger partial charge in [-0.15, -0.1) is 11.3 Å². The van der Waals surface area contributed by atoms with Crippen LogP contribution in [0.4, 0.5) is 5.13 Å². The lowest BCUT2D eigenvalue weighted by atomic mass is 9.86. The lowest BCUT2D eigenvalue weighted by Crippen LogP contribution is -2.41. The summed E-state index contributed by atoms with van der Waals surface area (Å²) in [6.45, 7) is 7.98. The van der Waals surface area contributed by atoms with E-state index < -0.39 is 6.04 Å². The van der Waals surface area contributed by atoms with Crippen molar-refractivity contribution in [2.75, 3.05) is 19.5 Å². The van der Waals surface area contributed by atoms with E-state index in [-0.39, 0.29) is 17.2 Å². The number of amides is 2. The van der Waals surface area contributed by atoms with Gasteiger partial charge in [-0.2, -0.15) is 0 Å². The number of nitrogens with one attached hydrogen (secondary N) is 2. The monoisotopic (exact) mass is 467 g/mol. The van der Waals surface area contributed by atoms with Gasteiger partial charge in [0.2, 0.25) is 5.91 Å². The van der Waals surface area contributed by atoms with E-state index in [1.807, 2.05) is 23.6 Å². The summed E-state index contributed by atoms with van der Waals surface area (Å²) < 4.78 is 10.7. The van der Waals surface area contributed by atoms with Gasteiger partial charge >= 0.3 is 0 Å². The van der Waals surface area contributed by atoms with Crippen molar-refractivity contribution in [3.63, 3.8) is 0 Å². The van der Waals surface area contributed by atoms with Gasteiger partial charge in [0, 0.05) is 16.5 Å². The summed E-state index contributed by atoms with van der Waals surface area (Å²) in [5.74, 6) is 0.667. The number of carbonyl (C=O) groups excluding carboxylic acids is 2. The molecule has 2 aromatic carbocycles. The average molecular weight is 468 g/mol. The van der Waals surface area contributed by atoms with Crippen molar-refractivity contribution in [3.05, 3.63) is 59.0 Å². The maximum absolute atomic E-state index is 12.6. The normalized spacial score (nSPS) is 12.1. The Balaban J connectivity index is 1.65. The van der Waals surface area contributed by atoms with Crippen molar-refractivity contribution in [3.8, 4) is 22.8 Å². The number of aromatic nitrogens is 1. The molecule has 0 saturated heterocycles. The van der Waals surface area contributed by atoms with Crippen LogP contribution in [0.1, 0.15) is 43.6 Å². The predicted molar refractivity (Wildman–Crippen MR) is 131 cm³/mol. The van der Waals surface area contributed by atoms with Crippen LogP contribution in [0.3, 0.4) is 0 Å². The third kappa shape index (κ3) is 5.90. The van der Waals surface area contributed by atoms with E-state index >= 15 is 0 Å². The molecule has 0 saturated carbocycles. The van der Waals surface area contributed by atoms with Gasteiger partial charge < -0.3 is 20.1 Å². The third-order valence-corrected chi connectivity index (χ3v) is 5.93. The molecule has 8 heteroatoms. The topological polar surface area (TPSA) is 89.5 Å². The zero-order valence-corrected chi connectivity index (χ0v) is 20.5. The average Bonchev–Trinajstić information content (AvgIpc) is 3.26. The van der Waals surface area contributed by atoms with Crippen LogP contribution in [0.15, 0.2) is 47.8 Å². The third-order valence-electron chi connectivity index (χ3n) is 5.17. The second kappa shape index (κ2) is 10.0. The first-order valence-corrected chi connectivity index (χ1v) is 11.4. The van der Waals surface area contributed by atoms with E-state index in [0.29, 0.717) is 27.9 Å². The van der Waals surface area contributed by atoms with Crippen molar-refractivity contribution < 1.29 is 19.1 Å². The minimum atomic E-state index is -0.738. The Morgan fingerprint density at radius 1 is 1.03 bits per heavy atom. The summed E-state index contributed by atoms with van der Waals surface area (Å²) in [7, 11) is 3.17. The van der Waals surface area contributed by atoms with Gasteiger partial charge in [-0.3, -0.25) is 9.59 Å². The highest BCUT2D eigenvalue weighted by molar-refractivity contribution is 7.14. The molecule has 7 nitrogen and oxygen atoms in total. The smallest absolute Gasteiger partial charge is 0.251 e. The quantitative estimate of drug-likeness (QED) is 0.517. The second-order valence-corrected chi connectivity index (χ2v) is 9.47. The number of carbonyl (C=O) groups is 2. The Bertz CT molecular complexity index is 1130. The van der Waals surface area contributed by atoms with Crippen molar-refractivity contribution in [1.29, 1.82) is 0 Å². The first-order chi connectivity index (χ1) is 15.6. The zero-order valence-electron chi connectivity index (χ0n) is 19.7. The second-order valence-electron chi connectivity index (χ2n) is 8.62. The number of thiazole rings is 1. The van der Waals surface area contributed by atoms with Gasteiger partial charge in [-0.1, -0.05) is 32.9 Å². The van der Waals surface area contributed by atoms with E-state index in [0.717, 1.165) is 11.1 Å². The van der Waals surface area contributed by atoms with Gasteiger partial charge in [0.05, 0.1) is 19.9 Å². The lowest BCUT2D eigenvalue weighted by Gasteiger charge is -2.19. The maximum atomic E-state index is 12.6. The fourth-order valence-corrected chi connectivity index (χ4v) is 3.86. The van der Waals surface area contributed by atoms with E-state index in [2.05, 4.69) is 36.4 Å². The van der Waals surface area contributed by atoms with Crippen LogP contribution in [0.25, 0.3) is 11.3 Å². The number of ether oxygens (including phenoxy) is 2. The first kappa shape index (κ1) is 24.3. The van der Waals surface area contributed by atoms with Crippen molar-refractivity contribution in [1.82, 2.24) is 10.3 Å². The van der Waals surface area contributed by atoms with Crippen molar-refractivity contribution in [2.24, 2.45) is 0 Å². The summed E-state index contributed by atoms with van der Waals surface area (Å²) in [5.41, 5.74) is 3.06. The molecule has 2 amide bonds. The fraction of sp³-hybridized carbons (Fsp3) is 0.320. The predicted octanol–water partition coefficient (Wildman–Crippen LogP) is 4.88. The van der Waals surface area contributed by atoms with E-state index in [4.69, 9.17) is 9.47 Å². The molecule has 0 bridgehead atoms. The Hall–Kier alpha value is -3.39. The molecule has 1 aromatic heterocycles. The molecule has 1 atom stereocenters. The number of hydrogen-bond donors (Lipinski definition) is 2. The molecule has 2 N–H and O–H groups in total. The van der Waals surface area contributed by atoms with Crippen LogP contribution in [-0.4, -0.2) is 37.1 Å². The molecule has 0 aliphatic carbocycles. The standard InChI is InChI=1S/C25H29N3O4S/c1-15(26-23(30)16-7-9-17(10-8-16)25(2,3)4)22(29)28-24-27-20(14-33-24)19-13-18(31-5)11-12-21(19)32-6/h7-15H,1-6H3,(H,26,30)(H,27,28,29)/t15-/m0/s1. The largest absolute Gasteiger partial charge is 0.497 e. The zero-order chi connectivity index (χ0) is 24.2. The van der Waals surface area contributed by atoms with Gasteiger partial charge in [0.1, 0.15) is 17.5 Å². The Labute approximate surface area is 198 Å². The van der Waals surface area contributed by atoms with Crippen LogP contribution in [0, 0.1) is 0 Å². The molecule has 174 valence electrons. The number of rotatable bonds is 7. The molecule has 1 heterocycles. The molecular weight excluding hydrogens is 438 g/mol. The summed E-state index contributed by atoms with van der Waals surface area (Å²) in [5, 5.41) is 7.75. The summed E-state index contributed by atoms with van der Waals surface area (Å²) in [4.78, 5) is 29.7. The summed E-state index contributed by atoms with van der Waals surface area (Å²) >= 11 is 1.29. The molecular formula is C25H29N3O4S. The molecule has 0 fully saturated rings. The number of methoxy groups -OCH3 is 2. The minimum Gasteiger partial charge on any atom is -0.497 e. The molecule has 0 aliphatic heterocycles. The highest BCUT2D eigenvalue weighted by atomic mass is 32.1. The van der Waals surface area contributed by atoms with E-state index in [9.17, 15) is 9.59 Å². The molecule has 0 spiro atoms. The van der Waals surface area contributed by atoms with Crippen LogP contribution in [-0.2, 0) is 10.2 Å². The Morgan fingerprint density at radius 3 is 2.33 bits per heavy atom. The SMILES string of the molecule is COc1ccc(OC)c(-c2csc(NC(=O)[C@H](C)NC(=O)c3ccc(C(C)(C)C)cc3)n2)c1. The fourth-order valence-electron chi connectivity index (χ4n) is 3.15. The van der Waals surface area contributed by atoms with E-state index in [1.165, 1.54) is 11.3 Å². The van der Waals surface area contributed by atoms with Gasteiger partial charge in [0.25, 0.3) is 5.91 Å². The Morgan fingerprint density at radius 2 is 1.73 bits per heavy atom. The Kier molecular flexibility index (Phi) is 7.38. The molecule has 0 unspecified atom stereocenters. The number of hydrogen-bond acceptors (Lipinski definition) is 6. The van der Waals surface area contributed by atoms with E-state index in [1.54, 1.807) is 45.4 Å². The molecule has 0 aliphatic rings. The van der Waals surface area contributed by atoms with Crippen LogP contribution in [0.5, 0.6) is 11.5 Å². The highest BCUT2D eigenvalue weighted by Crippen LogP contribution is 2.35. The van der Waals surface area contributed by atoms with Crippen molar-refractivity contribution in [2.45, 2.75) is 39.2 Å². The van der Waals surface area contributed by atoms with Crippen molar-refractivity contribution >= 4 is 28.3 Å². The number of nitrogens with zero attached hydrogens (tertiary/aromatic N) is 1.